The van der Waals surface area contributed by atoms with E-state index in [2.05, 4.69) is 16.7 Å². The van der Waals surface area contributed by atoms with Gasteiger partial charge in [0.15, 0.2) is 0 Å². The highest BCUT2D eigenvalue weighted by Gasteiger charge is 2.50. The first-order valence-corrected chi connectivity index (χ1v) is 8.28. The lowest BCUT2D eigenvalue weighted by atomic mass is 9.71. The van der Waals surface area contributed by atoms with Crippen LogP contribution in [-0.4, -0.2) is 15.7 Å². The Morgan fingerprint density at radius 2 is 2.21 bits per heavy atom. The quantitative estimate of drug-likeness (QED) is 0.751. The highest BCUT2D eigenvalue weighted by Crippen LogP contribution is 2.58. The van der Waals surface area contributed by atoms with E-state index in [-0.39, 0.29) is 5.41 Å². The van der Waals surface area contributed by atoms with Gasteiger partial charge in [0.25, 0.3) is 0 Å². The average Bonchev–Trinajstić information content (AvgIpc) is 3.08. The zero-order valence-electron chi connectivity index (χ0n) is 11.8. The fraction of sp³-hybridized carbons (Fsp3) is 0.800. The maximum atomic E-state index is 6.47. The summed E-state index contributed by atoms with van der Waals surface area (Å²) >= 11 is 12.9. The Bertz CT molecular complexity index is 483. The van der Waals surface area contributed by atoms with Gasteiger partial charge in [0.1, 0.15) is 0 Å². The van der Waals surface area contributed by atoms with Gasteiger partial charge in [-0.05, 0) is 56.8 Å². The van der Waals surface area contributed by atoms with Gasteiger partial charge in [0.05, 0.1) is 16.4 Å². The second-order valence-corrected chi connectivity index (χ2v) is 7.06. The van der Waals surface area contributed by atoms with E-state index in [0.717, 1.165) is 41.4 Å². The fourth-order valence-corrected chi connectivity index (χ4v) is 4.98. The van der Waals surface area contributed by atoms with Gasteiger partial charge in [-0.3, -0.25) is 4.68 Å². The van der Waals surface area contributed by atoms with Crippen molar-refractivity contribution in [1.82, 2.24) is 9.78 Å². The minimum atomic E-state index is 0.271. The van der Waals surface area contributed by atoms with Crippen molar-refractivity contribution in [3.63, 3.8) is 0 Å². The smallest absolute Gasteiger partial charge is 0.0847 e. The van der Waals surface area contributed by atoms with Crippen LogP contribution in [-0.2, 0) is 13.0 Å². The maximum Gasteiger partial charge on any atom is 0.0847 e. The van der Waals surface area contributed by atoms with E-state index in [9.17, 15) is 0 Å². The van der Waals surface area contributed by atoms with E-state index in [0.29, 0.717) is 0 Å². The SMILES string of the molecule is CCn1nc(C)c(Cl)c1CC1(CCl)CC2CCC1C2. The minimum Gasteiger partial charge on any atom is -0.268 e. The summed E-state index contributed by atoms with van der Waals surface area (Å²) < 4.78 is 2.07. The molecule has 2 aliphatic rings. The summed E-state index contributed by atoms with van der Waals surface area (Å²) in [7, 11) is 0. The Labute approximate surface area is 125 Å². The van der Waals surface area contributed by atoms with Gasteiger partial charge in [-0.25, -0.2) is 0 Å². The summed E-state index contributed by atoms with van der Waals surface area (Å²) in [4.78, 5) is 0. The Hall–Kier alpha value is -0.210. The van der Waals surface area contributed by atoms with Crippen molar-refractivity contribution < 1.29 is 0 Å². The maximum absolute atomic E-state index is 6.47. The van der Waals surface area contributed by atoms with Crippen LogP contribution in [0.5, 0.6) is 0 Å². The molecule has 2 nitrogen and oxygen atoms in total. The van der Waals surface area contributed by atoms with Crippen molar-refractivity contribution in [2.24, 2.45) is 17.3 Å². The molecule has 106 valence electrons. The van der Waals surface area contributed by atoms with E-state index >= 15 is 0 Å². The van der Waals surface area contributed by atoms with Gasteiger partial charge in [-0.2, -0.15) is 5.10 Å². The van der Waals surface area contributed by atoms with Crippen molar-refractivity contribution in [1.29, 1.82) is 0 Å². The minimum absolute atomic E-state index is 0.271. The summed E-state index contributed by atoms with van der Waals surface area (Å²) in [6, 6.07) is 0. The molecule has 3 rings (SSSR count). The predicted molar refractivity (Wildman–Crippen MR) is 80.0 cm³/mol. The van der Waals surface area contributed by atoms with Crippen molar-refractivity contribution in [3.05, 3.63) is 16.4 Å². The molecule has 0 spiro atoms. The highest BCUT2D eigenvalue weighted by molar-refractivity contribution is 6.31. The molecule has 2 saturated carbocycles. The second-order valence-electron chi connectivity index (χ2n) is 6.41. The van der Waals surface area contributed by atoms with Gasteiger partial charge in [0, 0.05) is 12.4 Å². The van der Waals surface area contributed by atoms with Crippen LogP contribution < -0.4 is 0 Å². The topological polar surface area (TPSA) is 17.8 Å². The van der Waals surface area contributed by atoms with Gasteiger partial charge in [-0.1, -0.05) is 18.0 Å². The molecule has 3 atom stereocenters. The van der Waals surface area contributed by atoms with E-state index in [1.807, 2.05) is 6.92 Å². The normalized spacial score (nSPS) is 33.3. The van der Waals surface area contributed by atoms with Crippen molar-refractivity contribution in [3.8, 4) is 0 Å². The zero-order valence-corrected chi connectivity index (χ0v) is 13.3. The third kappa shape index (κ3) is 2.12. The summed E-state index contributed by atoms with van der Waals surface area (Å²) in [5, 5.41) is 5.40. The van der Waals surface area contributed by atoms with Crippen molar-refractivity contribution in [2.75, 3.05) is 5.88 Å². The average molecular weight is 301 g/mol. The highest BCUT2D eigenvalue weighted by atomic mass is 35.5. The number of nitrogens with zero attached hydrogens (tertiary/aromatic N) is 2. The molecule has 0 aromatic carbocycles. The molecule has 1 aromatic rings. The summed E-state index contributed by atoms with van der Waals surface area (Å²) in [5.41, 5.74) is 2.43. The van der Waals surface area contributed by atoms with E-state index in [1.54, 1.807) is 0 Å². The van der Waals surface area contributed by atoms with Gasteiger partial charge in [-0.15, -0.1) is 11.6 Å². The van der Waals surface area contributed by atoms with E-state index < -0.39 is 0 Å². The molecule has 0 radical (unpaired) electrons. The first-order valence-electron chi connectivity index (χ1n) is 7.37. The van der Waals surface area contributed by atoms with Crippen LogP contribution in [0.4, 0.5) is 0 Å². The number of aryl methyl sites for hydroxylation is 2. The molecular weight excluding hydrogens is 279 g/mol. The fourth-order valence-electron chi connectivity index (χ4n) is 4.36. The summed E-state index contributed by atoms with van der Waals surface area (Å²) in [5.74, 6) is 2.46. The Morgan fingerprint density at radius 3 is 2.74 bits per heavy atom. The standard InChI is InChI=1S/C15H22Cl2N2/c1-3-19-13(14(17)10(2)18-19)8-15(9-16)7-11-4-5-12(15)6-11/h11-12H,3-9H2,1-2H3. The first kappa shape index (κ1) is 13.8. The van der Waals surface area contributed by atoms with Gasteiger partial charge in [0.2, 0.25) is 0 Å². The molecule has 1 heterocycles. The molecular formula is C15H22Cl2N2. The first-order chi connectivity index (χ1) is 9.09. The number of rotatable bonds is 4. The molecule has 1 aromatic heterocycles. The molecule has 0 saturated heterocycles. The molecule has 0 aliphatic heterocycles. The lowest BCUT2D eigenvalue weighted by molar-refractivity contribution is 0.189. The number of halogens is 2. The van der Waals surface area contributed by atoms with E-state index in [4.69, 9.17) is 23.2 Å². The largest absolute Gasteiger partial charge is 0.268 e. The van der Waals surface area contributed by atoms with Crippen LogP contribution in [0.3, 0.4) is 0 Å². The number of hydrogen-bond acceptors (Lipinski definition) is 1. The Morgan fingerprint density at radius 1 is 1.42 bits per heavy atom. The third-order valence-corrected chi connectivity index (χ3v) is 6.36. The van der Waals surface area contributed by atoms with Crippen LogP contribution in [0.25, 0.3) is 0 Å². The molecule has 19 heavy (non-hydrogen) atoms. The molecule has 4 heteroatoms. The molecule has 2 bridgehead atoms. The van der Waals surface area contributed by atoms with Crippen LogP contribution in [0.2, 0.25) is 5.02 Å². The predicted octanol–water partition coefficient (Wildman–Crippen LogP) is 4.45. The van der Waals surface area contributed by atoms with E-state index in [1.165, 1.54) is 31.4 Å². The molecule has 2 fully saturated rings. The molecule has 3 unspecified atom stereocenters. The lowest BCUT2D eigenvalue weighted by Crippen LogP contribution is -2.33. The second kappa shape index (κ2) is 4.96. The number of hydrogen-bond donors (Lipinski definition) is 0. The molecule has 0 amide bonds. The number of fused-ring (bicyclic) bond motifs is 2. The van der Waals surface area contributed by atoms with Gasteiger partial charge >= 0.3 is 0 Å². The molecule has 2 aliphatic carbocycles. The van der Waals surface area contributed by atoms with Crippen LogP contribution in [0, 0.1) is 24.2 Å². The Balaban J connectivity index is 1.92. The monoisotopic (exact) mass is 300 g/mol. The van der Waals surface area contributed by atoms with Crippen LogP contribution in [0.1, 0.15) is 44.0 Å². The Kier molecular flexibility index (Phi) is 3.59. The third-order valence-electron chi connectivity index (χ3n) is 5.34. The number of aromatic nitrogens is 2. The van der Waals surface area contributed by atoms with Crippen LogP contribution in [0.15, 0.2) is 0 Å². The van der Waals surface area contributed by atoms with Crippen LogP contribution >= 0.6 is 23.2 Å². The van der Waals surface area contributed by atoms with Crippen molar-refractivity contribution in [2.45, 2.75) is 52.5 Å². The number of alkyl halides is 1. The van der Waals surface area contributed by atoms with Gasteiger partial charge < -0.3 is 0 Å². The molecule has 0 N–H and O–H groups in total. The lowest BCUT2D eigenvalue weighted by Gasteiger charge is -2.36. The summed E-state index contributed by atoms with van der Waals surface area (Å²) in [6.07, 6.45) is 6.43. The van der Waals surface area contributed by atoms with Crippen molar-refractivity contribution >= 4 is 23.2 Å². The summed E-state index contributed by atoms with van der Waals surface area (Å²) in [6.45, 7) is 5.00. The zero-order chi connectivity index (χ0) is 13.6.